The highest BCUT2D eigenvalue weighted by Crippen LogP contribution is 2.25. The number of hydrogen-bond donors (Lipinski definition) is 1. The van der Waals surface area contributed by atoms with Gasteiger partial charge in [-0.05, 0) is 40.8 Å². The molecular formula is C32H32N2O3. The van der Waals surface area contributed by atoms with Crippen molar-refractivity contribution in [2.45, 2.75) is 32.0 Å². The molecule has 0 aliphatic heterocycles. The number of rotatable bonds is 11. The van der Waals surface area contributed by atoms with Crippen LogP contribution in [0.4, 0.5) is 0 Å². The summed E-state index contributed by atoms with van der Waals surface area (Å²) in [6, 6.07) is 36.1. The third kappa shape index (κ3) is 7.31. The van der Waals surface area contributed by atoms with Crippen molar-refractivity contribution >= 4 is 11.8 Å². The van der Waals surface area contributed by atoms with E-state index in [-0.39, 0.29) is 11.8 Å². The van der Waals surface area contributed by atoms with Crippen LogP contribution in [-0.2, 0) is 29.1 Å². The molecule has 0 heterocycles. The van der Waals surface area contributed by atoms with E-state index in [1.807, 2.05) is 115 Å². The van der Waals surface area contributed by atoms with Gasteiger partial charge in [-0.25, -0.2) is 0 Å². The summed E-state index contributed by atoms with van der Waals surface area (Å²) in [6.07, 6.45) is 0.923. The van der Waals surface area contributed by atoms with E-state index in [0.717, 1.165) is 28.0 Å². The van der Waals surface area contributed by atoms with Gasteiger partial charge in [-0.2, -0.15) is 0 Å². The topological polar surface area (TPSA) is 58.6 Å². The molecule has 0 aromatic heterocycles. The summed E-state index contributed by atoms with van der Waals surface area (Å²) in [5, 5.41) is 3.06. The average Bonchev–Trinajstić information content (AvgIpc) is 2.96. The summed E-state index contributed by atoms with van der Waals surface area (Å²) in [6.45, 7) is 0.688. The maximum absolute atomic E-state index is 13.7. The highest BCUT2D eigenvalue weighted by atomic mass is 16.5. The van der Waals surface area contributed by atoms with Crippen LogP contribution in [0.5, 0.6) is 5.75 Å². The van der Waals surface area contributed by atoms with Crippen molar-refractivity contribution in [1.82, 2.24) is 10.2 Å². The van der Waals surface area contributed by atoms with Crippen LogP contribution in [0.25, 0.3) is 0 Å². The smallest absolute Gasteiger partial charge is 0.247 e. The van der Waals surface area contributed by atoms with E-state index in [2.05, 4.69) is 5.32 Å². The molecule has 188 valence electrons. The summed E-state index contributed by atoms with van der Waals surface area (Å²) >= 11 is 0. The van der Waals surface area contributed by atoms with Crippen LogP contribution < -0.4 is 10.1 Å². The number of aryl methyl sites for hydroxylation is 1. The second kappa shape index (κ2) is 13.1. The lowest BCUT2D eigenvalue weighted by atomic mass is 10.0. The maximum atomic E-state index is 13.7. The molecule has 1 N–H and O–H groups in total. The predicted molar refractivity (Wildman–Crippen MR) is 146 cm³/mol. The molecule has 4 rings (SSSR count). The van der Waals surface area contributed by atoms with E-state index in [4.69, 9.17) is 4.74 Å². The van der Waals surface area contributed by atoms with Crippen molar-refractivity contribution in [3.8, 4) is 5.75 Å². The molecule has 5 heteroatoms. The molecule has 0 bridgehead atoms. The quantitative estimate of drug-likeness (QED) is 0.292. The van der Waals surface area contributed by atoms with Gasteiger partial charge in [0.1, 0.15) is 11.8 Å². The van der Waals surface area contributed by atoms with Gasteiger partial charge in [0.05, 0.1) is 7.11 Å². The zero-order chi connectivity index (χ0) is 25.9. The number of amides is 2. The van der Waals surface area contributed by atoms with Crippen molar-refractivity contribution in [3.05, 3.63) is 138 Å². The van der Waals surface area contributed by atoms with Gasteiger partial charge >= 0.3 is 0 Å². The summed E-state index contributed by atoms with van der Waals surface area (Å²) in [7, 11) is 1.62. The van der Waals surface area contributed by atoms with Gasteiger partial charge in [0.25, 0.3) is 0 Å². The molecule has 37 heavy (non-hydrogen) atoms. The number of hydrogen-bond acceptors (Lipinski definition) is 3. The number of carbonyl (C=O) groups is 2. The molecule has 0 radical (unpaired) electrons. The predicted octanol–water partition coefficient (Wildman–Crippen LogP) is 5.71. The fraction of sp³-hybridized carbons (Fsp3) is 0.188. The van der Waals surface area contributed by atoms with Crippen LogP contribution in [0.15, 0.2) is 115 Å². The third-order valence-corrected chi connectivity index (χ3v) is 6.29. The van der Waals surface area contributed by atoms with Crippen LogP contribution in [0.3, 0.4) is 0 Å². The average molecular weight is 493 g/mol. The summed E-state index contributed by atoms with van der Waals surface area (Å²) in [4.78, 5) is 29.1. The van der Waals surface area contributed by atoms with Crippen molar-refractivity contribution in [1.29, 1.82) is 0 Å². The number of ether oxygens (including phenoxy) is 1. The number of carbonyl (C=O) groups excluding carboxylic acids is 2. The normalized spacial score (nSPS) is 11.4. The van der Waals surface area contributed by atoms with E-state index in [9.17, 15) is 9.59 Å². The number of benzene rings is 4. The Morgan fingerprint density at radius 3 is 1.89 bits per heavy atom. The molecule has 0 saturated carbocycles. The highest BCUT2D eigenvalue weighted by molar-refractivity contribution is 5.88. The van der Waals surface area contributed by atoms with Gasteiger partial charge < -0.3 is 15.0 Å². The van der Waals surface area contributed by atoms with Crippen molar-refractivity contribution in [2.75, 3.05) is 7.11 Å². The molecule has 0 aliphatic rings. The first kappa shape index (κ1) is 25.7. The van der Waals surface area contributed by atoms with Crippen LogP contribution >= 0.6 is 0 Å². The molecule has 4 aromatic rings. The molecule has 0 aliphatic carbocycles. The Morgan fingerprint density at radius 1 is 0.730 bits per heavy atom. The molecule has 5 nitrogen and oxygen atoms in total. The van der Waals surface area contributed by atoms with Gasteiger partial charge in [-0.1, -0.05) is 103 Å². The van der Waals surface area contributed by atoms with E-state index in [1.165, 1.54) is 0 Å². The molecule has 0 fully saturated rings. The molecule has 1 unspecified atom stereocenters. The molecular weight excluding hydrogens is 460 g/mol. The third-order valence-electron chi connectivity index (χ3n) is 6.29. The van der Waals surface area contributed by atoms with Crippen molar-refractivity contribution in [2.24, 2.45) is 0 Å². The van der Waals surface area contributed by atoms with Gasteiger partial charge in [0, 0.05) is 19.5 Å². The van der Waals surface area contributed by atoms with E-state index < -0.39 is 6.04 Å². The lowest BCUT2D eigenvalue weighted by Gasteiger charge is -2.32. The summed E-state index contributed by atoms with van der Waals surface area (Å²) in [5.74, 6) is 0.474. The summed E-state index contributed by atoms with van der Waals surface area (Å²) in [5.41, 5.74) is 3.79. The van der Waals surface area contributed by atoms with Crippen molar-refractivity contribution < 1.29 is 14.3 Å². The number of nitrogens with zero attached hydrogens (tertiary/aromatic N) is 1. The maximum Gasteiger partial charge on any atom is 0.247 e. The first-order valence-corrected chi connectivity index (χ1v) is 12.5. The standard InChI is InChI=1S/C32H32N2O3/c1-37-29-20-17-26(18-21-29)23-33-32(36)31(28-15-9-4-10-16-28)34(24-27-13-7-3-8-14-27)30(35)22-19-25-11-5-2-6-12-25/h2-18,20-21,31H,19,22-24H2,1H3,(H,33,36). The Hall–Kier alpha value is -4.38. The molecule has 2 amide bonds. The summed E-state index contributed by atoms with van der Waals surface area (Å²) < 4.78 is 5.23. The Kier molecular flexibility index (Phi) is 9.08. The minimum atomic E-state index is -0.761. The number of methoxy groups -OCH3 is 1. The van der Waals surface area contributed by atoms with Crippen LogP contribution in [0.2, 0.25) is 0 Å². The zero-order valence-electron chi connectivity index (χ0n) is 21.0. The monoisotopic (exact) mass is 492 g/mol. The molecule has 1 atom stereocenters. The zero-order valence-corrected chi connectivity index (χ0v) is 21.0. The fourth-order valence-electron chi connectivity index (χ4n) is 4.28. The van der Waals surface area contributed by atoms with Gasteiger partial charge in [0.15, 0.2) is 0 Å². The first-order chi connectivity index (χ1) is 18.1. The van der Waals surface area contributed by atoms with E-state index in [1.54, 1.807) is 12.0 Å². The Morgan fingerprint density at radius 2 is 1.30 bits per heavy atom. The first-order valence-electron chi connectivity index (χ1n) is 12.5. The minimum absolute atomic E-state index is 0.0684. The van der Waals surface area contributed by atoms with Gasteiger partial charge in [0.2, 0.25) is 11.8 Å². The van der Waals surface area contributed by atoms with Gasteiger partial charge in [-0.3, -0.25) is 9.59 Å². The van der Waals surface area contributed by atoms with Crippen LogP contribution in [0.1, 0.15) is 34.7 Å². The van der Waals surface area contributed by atoms with Gasteiger partial charge in [-0.15, -0.1) is 0 Å². The lowest BCUT2D eigenvalue weighted by molar-refractivity contribution is -0.141. The Balaban J connectivity index is 1.59. The van der Waals surface area contributed by atoms with E-state index in [0.29, 0.717) is 25.9 Å². The molecule has 0 spiro atoms. The second-order valence-electron chi connectivity index (χ2n) is 8.87. The Labute approximate surface area is 218 Å². The molecule has 4 aromatic carbocycles. The number of nitrogens with one attached hydrogen (secondary N) is 1. The molecule has 0 saturated heterocycles. The fourth-order valence-corrected chi connectivity index (χ4v) is 4.28. The van der Waals surface area contributed by atoms with Crippen molar-refractivity contribution in [3.63, 3.8) is 0 Å². The highest BCUT2D eigenvalue weighted by Gasteiger charge is 2.31. The minimum Gasteiger partial charge on any atom is -0.497 e. The SMILES string of the molecule is COc1ccc(CNC(=O)C(c2ccccc2)N(Cc2ccccc2)C(=O)CCc2ccccc2)cc1. The second-order valence-corrected chi connectivity index (χ2v) is 8.87. The van der Waals surface area contributed by atoms with Crippen LogP contribution in [-0.4, -0.2) is 23.8 Å². The van der Waals surface area contributed by atoms with E-state index >= 15 is 0 Å². The Bertz CT molecular complexity index is 1260. The van der Waals surface area contributed by atoms with Crippen LogP contribution in [0, 0.1) is 0 Å². The largest absolute Gasteiger partial charge is 0.497 e. The lowest BCUT2D eigenvalue weighted by Crippen LogP contribution is -2.43.